The van der Waals surface area contributed by atoms with Gasteiger partial charge in [-0.05, 0) is 12.8 Å². The van der Waals surface area contributed by atoms with Gasteiger partial charge in [0.1, 0.15) is 0 Å². The van der Waals surface area contributed by atoms with Crippen molar-refractivity contribution in [2.24, 2.45) is 4.99 Å². The molecule has 1 atom stereocenters. The zero-order valence-corrected chi connectivity index (χ0v) is 12.6. The Morgan fingerprint density at radius 2 is 2.18 bits per heavy atom. The van der Waals surface area contributed by atoms with Crippen LogP contribution in [0.1, 0.15) is 25.7 Å². The van der Waals surface area contributed by atoms with Crippen LogP contribution >= 0.6 is 35.3 Å². The first-order valence-corrected chi connectivity index (χ1v) is 9.70. The molecule has 2 saturated heterocycles. The van der Waals surface area contributed by atoms with Gasteiger partial charge in [0.25, 0.3) is 0 Å². The van der Waals surface area contributed by atoms with Gasteiger partial charge in [0, 0.05) is 33.8 Å². The van der Waals surface area contributed by atoms with Crippen molar-refractivity contribution in [3.05, 3.63) is 0 Å². The summed E-state index contributed by atoms with van der Waals surface area (Å²) < 4.78 is 0. The zero-order chi connectivity index (χ0) is 11.6. The number of hydrogen-bond acceptors (Lipinski definition) is 4. The number of hydrogen-bond donors (Lipinski definition) is 1. The second-order valence-corrected chi connectivity index (χ2v) is 8.64. The Labute approximate surface area is 117 Å². The summed E-state index contributed by atoms with van der Waals surface area (Å²) in [7, 11) is 0. The van der Waals surface area contributed by atoms with Gasteiger partial charge in [-0.2, -0.15) is 23.5 Å². The molecule has 0 aromatic rings. The van der Waals surface area contributed by atoms with Crippen molar-refractivity contribution in [2.75, 3.05) is 29.6 Å². The van der Waals surface area contributed by atoms with Crippen LogP contribution in [0.2, 0.25) is 0 Å². The molecule has 0 bridgehead atoms. The van der Waals surface area contributed by atoms with Crippen molar-refractivity contribution in [2.45, 2.75) is 36.5 Å². The predicted molar refractivity (Wildman–Crippen MR) is 82.7 cm³/mol. The maximum absolute atomic E-state index is 4.80. The van der Waals surface area contributed by atoms with Crippen LogP contribution in [0.5, 0.6) is 0 Å². The highest BCUT2D eigenvalue weighted by atomic mass is 32.2. The lowest BCUT2D eigenvalue weighted by atomic mass is 10.0. The van der Waals surface area contributed by atoms with E-state index in [0.717, 1.165) is 11.8 Å². The zero-order valence-electron chi connectivity index (χ0n) is 10.1. The number of nitrogens with one attached hydrogen (secondary N) is 1. The van der Waals surface area contributed by atoms with Crippen LogP contribution in [0.4, 0.5) is 0 Å². The number of thioether (sulfide) groups is 3. The predicted octanol–water partition coefficient (Wildman–Crippen LogP) is 2.84. The molecule has 1 saturated carbocycles. The molecule has 0 radical (unpaired) electrons. The summed E-state index contributed by atoms with van der Waals surface area (Å²) >= 11 is 6.14. The second-order valence-electron chi connectivity index (χ2n) is 5.11. The summed E-state index contributed by atoms with van der Waals surface area (Å²) in [5, 5.41) is 5.68. The Hall–Kier alpha value is 0.520. The number of nitrogens with zero attached hydrogens (tertiary/aromatic N) is 1. The molecule has 0 aromatic carbocycles. The third kappa shape index (κ3) is 3.10. The largest absolute Gasteiger partial charge is 0.359 e. The molecule has 2 heterocycles. The van der Waals surface area contributed by atoms with Gasteiger partial charge in [0.05, 0.1) is 6.54 Å². The van der Waals surface area contributed by atoms with Crippen LogP contribution in [0.3, 0.4) is 0 Å². The van der Waals surface area contributed by atoms with E-state index >= 15 is 0 Å². The molecule has 3 rings (SSSR count). The lowest BCUT2D eigenvalue weighted by Crippen LogP contribution is -2.40. The number of rotatable bonds is 2. The standard InChI is InChI=1S/C12H20N2S3/c1-2-4-12(3-1)9-17-11(14-12)13-7-10-8-15-5-6-16-10/h10H,1-9H2,(H,13,14). The van der Waals surface area contributed by atoms with Crippen LogP contribution in [0, 0.1) is 0 Å². The van der Waals surface area contributed by atoms with Crippen LogP contribution in [-0.4, -0.2) is 45.5 Å². The minimum atomic E-state index is 0.429. The molecule has 96 valence electrons. The minimum absolute atomic E-state index is 0.429. The summed E-state index contributed by atoms with van der Waals surface area (Å²) in [4.78, 5) is 4.80. The van der Waals surface area contributed by atoms with E-state index < -0.39 is 0 Å². The van der Waals surface area contributed by atoms with Gasteiger partial charge < -0.3 is 5.32 Å². The normalized spacial score (nSPS) is 34.4. The molecule has 1 spiro atoms. The van der Waals surface area contributed by atoms with E-state index in [1.165, 1.54) is 53.9 Å². The Bertz CT molecular complexity index is 294. The van der Waals surface area contributed by atoms with E-state index in [9.17, 15) is 0 Å². The first kappa shape index (κ1) is 12.5. The lowest BCUT2D eigenvalue weighted by Gasteiger charge is -2.22. The van der Waals surface area contributed by atoms with Crippen molar-refractivity contribution in [1.29, 1.82) is 0 Å². The maximum atomic E-state index is 4.80. The van der Waals surface area contributed by atoms with Gasteiger partial charge in [-0.15, -0.1) is 0 Å². The molecule has 3 aliphatic rings. The third-order valence-corrected chi connectivity index (χ3v) is 7.77. The van der Waals surface area contributed by atoms with E-state index in [0.29, 0.717) is 5.54 Å². The van der Waals surface area contributed by atoms with Gasteiger partial charge in [-0.25, -0.2) is 0 Å². The fourth-order valence-corrected chi connectivity index (χ4v) is 6.55. The van der Waals surface area contributed by atoms with E-state index in [1.807, 2.05) is 11.8 Å². The van der Waals surface area contributed by atoms with E-state index in [2.05, 4.69) is 28.8 Å². The summed E-state index contributed by atoms with van der Waals surface area (Å²) in [6.07, 6.45) is 5.51. The Morgan fingerprint density at radius 3 is 2.94 bits per heavy atom. The highest BCUT2D eigenvalue weighted by Crippen LogP contribution is 2.37. The fourth-order valence-electron chi connectivity index (χ4n) is 2.74. The highest BCUT2D eigenvalue weighted by molar-refractivity contribution is 8.14. The second kappa shape index (κ2) is 5.66. The molecule has 0 amide bonds. The molecule has 17 heavy (non-hydrogen) atoms. The van der Waals surface area contributed by atoms with Crippen molar-refractivity contribution < 1.29 is 0 Å². The smallest absolute Gasteiger partial charge is 0.157 e. The Balaban J connectivity index is 1.51. The van der Waals surface area contributed by atoms with Crippen molar-refractivity contribution in [3.63, 3.8) is 0 Å². The van der Waals surface area contributed by atoms with Crippen molar-refractivity contribution in [1.82, 2.24) is 5.32 Å². The quantitative estimate of drug-likeness (QED) is 0.844. The molecule has 5 heteroatoms. The average molecular weight is 289 g/mol. The first-order valence-electron chi connectivity index (χ1n) is 6.51. The third-order valence-electron chi connectivity index (χ3n) is 3.74. The fraction of sp³-hybridized carbons (Fsp3) is 0.917. The molecule has 0 aromatic heterocycles. The average Bonchev–Trinajstić information content (AvgIpc) is 2.99. The Morgan fingerprint density at radius 1 is 1.29 bits per heavy atom. The monoisotopic (exact) mass is 288 g/mol. The van der Waals surface area contributed by atoms with Crippen LogP contribution < -0.4 is 5.32 Å². The van der Waals surface area contributed by atoms with E-state index in [1.54, 1.807) is 0 Å². The van der Waals surface area contributed by atoms with E-state index in [-0.39, 0.29) is 0 Å². The number of amidine groups is 1. The van der Waals surface area contributed by atoms with Gasteiger partial charge in [0.15, 0.2) is 5.17 Å². The Kier molecular flexibility index (Phi) is 4.18. The topological polar surface area (TPSA) is 24.4 Å². The summed E-state index contributed by atoms with van der Waals surface area (Å²) in [5.74, 6) is 5.17. The maximum Gasteiger partial charge on any atom is 0.157 e. The molecule has 1 N–H and O–H groups in total. The van der Waals surface area contributed by atoms with Gasteiger partial charge >= 0.3 is 0 Å². The summed E-state index contributed by atoms with van der Waals surface area (Å²) in [6.45, 7) is 1.02. The molecule has 2 aliphatic heterocycles. The van der Waals surface area contributed by atoms with Crippen molar-refractivity contribution in [3.8, 4) is 0 Å². The van der Waals surface area contributed by atoms with Crippen LogP contribution in [0.25, 0.3) is 0 Å². The molecular formula is C12H20N2S3. The first-order chi connectivity index (χ1) is 8.36. The molecular weight excluding hydrogens is 268 g/mol. The summed E-state index contributed by atoms with van der Waals surface area (Å²) in [6, 6.07) is 0. The summed E-state index contributed by atoms with van der Waals surface area (Å²) in [5.41, 5.74) is 0.429. The molecule has 3 fully saturated rings. The molecule has 1 aliphatic carbocycles. The lowest BCUT2D eigenvalue weighted by molar-refractivity contribution is 0.452. The number of aliphatic imine (C=N–C) groups is 1. The molecule has 2 nitrogen and oxygen atoms in total. The van der Waals surface area contributed by atoms with Gasteiger partial charge in [0.2, 0.25) is 0 Å². The van der Waals surface area contributed by atoms with Gasteiger partial charge in [-0.3, -0.25) is 4.99 Å². The molecule has 1 unspecified atom stereocenters. The minimum Gasteiger partial charge on any atom is -0.359 e. The van der Waals surface area contributed by atoms with Crippen LogP contribution in [0.15, 0.2) is 4.99 Å². The van der Waals surface area contributed by atoms with E-state index in [4.69, 9.17) is 4.99 Å². The SMILES string of the molecule is C1CCC2(C1)CSC(=NCC1CSCCS1)N2. The van der Waals surface area contributed by atoms with Crippen molar-refractivity contribution >= 4 is 40.5 Å². The van der Waals surface area contributed by atoms with Gasteiger partial charge in [-0.1, -0.05) is 24.6 Å². The highest BCUT2D eigenvalue weighted by Gasteiger charge is 2.39. The van der Waals surface area contributed by atoms with Crippen LogP contribution in [-0.2, 0) is 0 Å².